The summed E-state index contributed by atoms with van der Waals surface area (Å²) in [6.45, 7) is 2.19. The van der Waals surface area contributed by atoms with E-state index in [0.29, 0.717) is 0 Å². The molecule has 0 aliphatic carbocycles. The van der Waals surface area contributed by atoms with Gasteiger partial charge in [-0.3, -0.25) is 0 Å². The Hall–Kier alpha value is 1.59. The first kappa shape index (κ1) is 6.59. The largest absolute Gasteiger partial charge is 0.130 e. The molecule has 5 heavy (non-hydrogen) atoms. The van der Waals surface area contributed by atoms with Crippen LogP contribution in [0.1, 0.15) is 6.92 Å². The third kappa shape index (κ3) is 5.59. The summed E-state index contributed by atoms with van der Waals surface area (Å²) in [6, 6.07) is 0. The minimum atomic E-state index is 0.815. The molecule has 0 N–H and O–H groups in total. The Morgan fingerprint density at radius 2 is 2.20 bits per heavy atom. The quantitative estimate of drug-likeness (QED) is 0.469. The van der Waals surface area contributed by atoms with Gasteiger partial charge in [0.25, 0.3) is 0 Å². The maximum absolute atomic E-state index is 2.74. The smallest absolute Gasteiger partial charge is 0.00275 e. The molecule has 0 spiro atoms. The molecule has 0 aromatic heterocycles. The van der Waals surface area contributed by atoms with Crippen LogP contribution in [0.3, 0.4) is 0 Å². The molecule has 0 rings (SSSR count). The standard InChI is InChI=1S/C2H7IP2/c1-2(4)5-3/h2,5H,4H2,1H3. The molecule has 0 aliphatic heterocycles. The summed E-state index contributed by atoms with van der Waals surface area (Å²) < 4.78 is 0. The number of halogens is 1. The second-order valence-electron chi connectivity index (χ2n) is 0.898. The number of hydrogen-bond donors (Lipinski definition) is 0. The van der Waals surface area contributed by atoms with Gasteiger partial charge in [-0.15, -0.1) is 9.24 Å². The van der Waals surface area contributed by atoms with E-state index in [9.17, 15) is 0 Å². The van der Waals surface area contributed by atoms with E-state index in [4.69, 9.17) is 0 Å². The molecule has 3 atom stereocenters. The van der Waals surface area contributed by atoms with Crippen molar-refractivity contribution in [3.05, 3.63) is 0 Å². The molecule has 0 saturated carbocycles. The molecule has 0 aliphatic rings. The van der Waals surface area contributed by atoms with E-state index in [1.807, 2.05) is 0 Å². The summed E-state index contributed by atoms with van der Waals surface area (Å²) in [6.07, 6.45) is 1.05. The van der Waals surface area contributed by atoms with Gasteiger partial charge in [0, 0.05) is 0 Å². The summed E-state index contributed by atoms with van der Waals surface area (Å²) in [7, 11) is 2.74. The summed E-state index contributed by atoms with van der Waals surface area (Å²) in [5.74, 6) is 0. The fourth-order valence-corrected chi connectivity index (χ4v) is 0. The normalized spacial score (nSPS) is 17.4. The van der Waals surface area contributed by atoms with Gasteiger partial charge in [-0.25, -0.2) is 0 Å². The summed E-state index contributed by atoms with van der Waals surface area (Å²) in [5.41, 5.74) is 0. The lowest BCUT2D eigenvalue weighted by Crippen LogP contribution is -1.64. The SMILES string of the molecule is CC(P)PI. The van der Waals surface area contributed by atoms with Gasteiger partial charge in [0.1, 0.15) is 0 Å². The van der Waals surface area contributed by atoms with Crippen LogP contribution in [0.2, 0.25) is 0 Å². The predicted molar refractivity (Wildman–Crippen MR) is 41.5 cm³/mol. The number of rotatable bonds is 1. The molecule has 3 heteroatoms. The molecule has 0 nitrogen and oxygen atoms in total. The average molecular weight is 220 g/mol. The Labute approximate surface area is 50.0 Å². The molecule has 0 saturated heterocycles. The van der Waals surface area contributed by atoms with Crippen LogP contribution in [0, 0.1) is 0 Å². The summed E-state index contributed by atoms with van der Waals surface area (Å²) in [5, 5.41) is 0.815. The highest BCUT2D eigenvalue weighted by molar-refractivity contribution is 14.2. The van der Waals surface area contributed by atoms with E-state index >= 15 is 0 Å². The first-order valence-electron chi connectivity index (χ1n) is 1.39. The number of hydrogen-bond acceptors (Lipinski definition) is 0. The minimum absolute atomic E-state index is 0.815. The maximum atomic E-state index is 2.74. The van der Waals surface area contributed by atoms with E-state index in [1.165, 1.54) is 0 Å². The van der Waals surface area contributed by atoms with E-state index < -0.39 is 0 Å². The summed E-state index contributed by atoms with van der Waals surface area (Å²) >= 11 is 2.38. The molecule has 0 aromatic rings. The molecular formula is C2H7IP2. The Bertz CT molecular complexity index is 21.6. The average Bonchev–Trinajstić information content (AvgIpc) is 1.38. The van der Waals surface area contributed by atoms with Gasteiger partial charge in [-0.2, -0.15) is 0 Å². The molecule has 0 amide bonds. The van der Waals surface area contributed by atoms with Crippen LogP contribution in [0.15, 0.2) is 0 Å². The van der Waals surface area contributed by atoms with Crippen molar-refractivity contribution < 1.29 is 0 Å². The van der Waals surface area contributed by atoms with Crippen molar-refractivity contribution >= 4 is 37.5 Å². The van der Waals surface area contributed by atoms with Crippen LogP contribution in [-0.4, -0.2) is 5.40 Å². The van der Waals surface area contributed by atoms with E-state index in [1.54, 1.807) is 0 Å². The lowest BCUT2D eigenvalue weighted by atomic mass is 11.0. The lowest BCUT2D eigenvalue weighted by Gasteiger charge is -1.89. The van der Waals surface area contributed by atoms with Gasteiger partial charge >= 0.3 is 0 Å². The fraction of sp³-hybridized carbons (Fsp3) is 1.00. The first-order chi connectivity index (χ1) is 2.27. The molecule has 0 aromatic carbocycles. The Morgan fingerprint density at radius 1 is 2.00 bits per heavy atom. The maximum Gasteiger partial charge on any atom is -0.00275 e. The van der Waals surface area contributed by atoms with Gasteiger partial charge in [-0.05, 0) is 11.6 Å². The molecule has 32 valence electrons. The van der Waals surface area contributed by atoms with Crippen molar-refractivity contribution in [3.63, 3.8) is 0 Å². The Morgan fingerprint density at radius 3 is 2.20 bits per heavy atom. The van der Waals surface area contributed by atoms with Crippen LogP contribution in [0.5, 0.6) is 0 Å². The zero-order chi connectivity index (χ0) is 4.28. The monoisotopic (exact) mass is 220 g/mol. The van der Waals surface area contributed by atoms with E-state index in [0.717, 1.165) is 11.6 Å². The van der Waals surface area contributed by atoms with Crippen molar-refractivity contribution in [2.45, 2.75) is 12.3 Å². The molecule has 0 radical (unpaired) electrons. The van der Waals surface area contributed by atoms with Crippen LogP contribution < -0.4 is 0 Å². The molecule has 0 fully saturated rings. The van der Waals surface area contributed by atoms with Crippen molar-refractivity contribution in [2.75, 3.05) is 0 Å². The van der Waals surface area contributed by atoms with E-state index in [-0.39, 0.29) is 0 Å². The first-order valence-corrected chi connectivity index (χ1v) is 6.25. The highest BCUT2D eigenvalue weighted by Gasteiger charge is 1.81. The Balaban J connectivity index is 2.54. The van der Waals surface area contributed by atoms with Gasteiger partial charge in [-0.1, -0.05) is 29.0 Å². The topological polar surface area (TPSA) is 0 Å². The van der Waals surface area contributed by atoms with Gasteiger partial charge in [0.05, 0.1) is 0 Å². The molecular weight excluding hydrogens is 213 g/mol. The second kappa shape index (κ2) is 3.77. The lowest BCUT2D eigenvalue weighted by molar-refractivity contribution is 1.43. The van der Waals surface area contributed by atoms with Crippen LogP contribution in [0.4, 0.5) is 0 Å². The second-order valence-corrected chi connectivity index (χ2v) is 5.56. The Kier molecular flexibility index (Phi) is 4.97. The predicted octanol–water partition coefficient (Wildman–Crippen LogP) is 2.24. The van der Waals surface area contributed by atoms with Gasteiger partial charge in [0.2, 0.25) is 0 Å². The van der Waals surface area contributed by atoms with Crippen molar-refractivity contribution in [1.29, 1.82) is 0 Å². The molecule has 0 heterocycles. The van der Waals surface area contributed by atoms with Gasteiger partial charge in [0.15, 0.2) is 0 Å². The minimum Gasteiger partial charge on any atom is -0.130 e. The van der Waals surface area contributed by atoms with Crippen molar-refractivity contribution in [2.24, 2.45) is 0 Å². The van der Waals surface area contributed by atoms with Crippen molar-refractivity contribution in [3.8, 4) is 0 Å². The highest BCUT2D eigenvalue weighted by Crippen LogP contribution is 2.31. The van der Waals surface area contributed by atoms with Gasteiger partial charge < -0.3 is 0 Å². The third-order valence-corrected chi connectivity index (χ3v) is 6.00. The zero-order valence-corrected chi connectivity index (χ0v) is 7.34. The zero-order valence-electron chi connectivity index (χ0n) is 3.03. The van der Waals surface area contributed by atoms with Crippen LogP contribution >= 0.6 is 37.5 Å². The molecule has 0 bridgehead atoms. The summed E-state index contributed by atoms with van der Waals surface area (Å²) in [4.78, 5) is 0. The fourth-order valence-electron chi connectivity index (χ4n) is 0. The van der Waals surface area contributed by atoms with Crippen molar-refractivity contribution in [1.82, 2.24) is 0 Å². The van der Waals surface area contributed by atoms with E-state index in [2.05, 4.69) is 38.2 Å². The highest BCUT2D eigenvalue weighted by atomic mass is 127. The third-order valence-electron chi connectivity index (χ3n) is 0.172. The van der Waals surface area contributed by atoms with Crippen LogP contribution in [-0.2, 0) is 0 Å². The van der Waals surface area contributed by atoms with Crippen LogP contribution in [0.25, 0.3) is 0 Å². The molecule has 3 unspecified atom stereocenters.